The number of aromatic nitrogens is 4. The van der Waals surface area contributed by atoms with Crippen LogP contribution in [-0.2, 0) is 0 Å². The van der Waals surface area contributed by atoms with Crippen LogP contribution in [0.15, 0.2) is 12.4 Å². The van der Waals surface area contributed by atoms with Crippen molar-refractivity contribution in [3.05, 3.63) is 23.0 Å². The molecule has 2 rings (SSSR count). The van der Waals surface area contributed by atoms with Gasteiger partial charge in [0.25, 0.3) is 5.91 Å². The molecule has 0 bridgehead atoms. The van der Waals surface area contributed by atoms with Gasteiger partial charge in [-0.3, -0.25) is 15.2 Å². The Morgan fingerprint density at radius 1 is 1.44 bits per heavy atom. The summed E-state index contributed by atoms with van der Waals surface area (Å²) >= 11 is 1.43. The zero-order chi connectivity index (χ0) is 13.0. The van der Waals surface area contributed by atoms with Crippen molar-refractivity contribution in [2.75, 3.05) is 5.32 Å². The topological polar surface area (TPSA) is 83.6 Å². The second-order valence-corrected chi connectivity index (χ2v) is 4.91. The molecule has 0 saturated carbocycles. The zero-order valence-corrected chi connectivity index (χ0v) is 11.1. The first-order valence-corrected chi connectivity index (χ1v) is 6.69. The number of hydrogen-bond acceptors (Lipinski definition) is 5. The smallest absolute Gasteiger partial charge is 0.260 e. The molecule has 0 aromatic carbocycles. The zero-order valence-electron chi connectivity index (χ0n) is 10.3. The van der Waals surface area contributed by atoms with Crippen molar-refractivity contribution in [1.29, 1.82) is 0 Å². The molecule has 0 unspecified atom stereocenters. The monoisotopic (exact) mass is 265 g/mol. The summed E-state index contributed by atoms with van der Waals surface area (Å²) in [5.41, 5.74) is 0.481. The lowest BCUT2D eigenvalue weighted by Crippen LogP contribution is -2.10. The fraction of sp³-hybridized carbons (Fsp3) is 0.455. The molecule has 7 heteroatoms. The number of hydrogen-bond donors (Lipinski definition) is 2. The van der Waals surface area contributed by atoms with Crippen molar-refractivity contribution in [3.8, 4) is 0 Å². The minimum Gasteiger partial charge on any atom is -0.296 e. The lowest BCUT2D eigenvalue weighted by molar-refractivity contribution is 0.102. The molecule has 0 aliphatic heterocycles. The fourth-order valence-electron chi connectivity index (χ4n) is 1.63. The van der Waals surface area contributed by atoms with Crippen LogP contribution >= 0.6 is 11.3 Å². The van der Waals surface area contributed by atoms with Gasteiger partial charge < -0.3 is 0 Å². The number of H-pyrrole nitrogens is 1. The second-order valence-electron chi connectivity index (χ2n) is 3.90. The van der Waals surface area contributed by atoms with Gasteiger partial charge in [0.05, 0.1) is 11.8 Å². The third-order valence-electron chi connectivity index (χ3n) is 2.76. The Morgan fingerprint density at radius 2 is 2.22 bits per heavy atom. The van der Waals surface area contributed by atoms with Crippen molar-refractivity contribution in [2.24, 2.45) is 0 Å². The van der Waals surface area contributed by atoms with Crippen LogP contribution in [0.25, 0.3) is 0 Å². The molecule has 0 aliphatic carbocycles. The Labute approximate surface area is 109 Å². The largest absolute Gasteiger partial charge is 0.296 e. The summed E-state index contributed by atoms with van der Waals surface area (Å²) in [7, 11) is 0. The lowest BCUT2D eigenvalue weighted by atomic mass is 10.1. The molecule has 0 radical (unpaired) electrons. The van der Waals surface area contributed by atoms with Gasteiger partial charge in [-0.1, -0.05) is 25.2 Å². The highest BCUT2D eigenvalue weighted by molar-refractivity contribution is 7.15. The van der Waals surface area contributed by atoms with Gasteiger partial charge in [-0.25, -0.2) is 0 Å². The van der Waals surface area contributed by atoms with E-state index in [1.54, 1.807) is 0 Å². The first-order valence-electron chi connectivity index (χ1n) is 5.88. The van der Waals surface area contributed by atoms with Crippen LogP contribution in [0, 0.1) is 0 Å². The number of rotatable bonds is 5. The Hall–Kier alpha value is -1.76. The summed E-state index contributed by atoms with van der Waals surface area (Å²) in [5.74, 6) is 0.193. The Kier molecular flexibility index (Phi) is 4.03. The predicted molar refractivity (Wildman–Crippen MR) is 69.8 cm³/mol. The molecule has 18 heavy (non-hydrogen) atoms. The summed E-state index contributed by atoms with van der Waals surface area (Å²) in [4.78, 5) is 11.8. The fourth-order valence-corrected chi connectivity index (χ4v) is 2.64. The molecular weight excluding hydrogens is 250 g/mol. The van der Waals surface area contributed by atoms with Gasteiger partial charge in [0, 0.05) is 12.1 Å². The summed E-state index contributed by atoms with van der Waals surface area (Å²) in [6.45, 7) is 4.25. The summed E-state index contributed by atoms with van der Waals surface area (Å²) < 4.78 is 0. The molecule has 2 N–H and O–H groups in total. The van der Waals surface area contributed by atoms with E-state index in [0.717, 1.165) is 17.8 Å². The number of anilines is 1. The third kappa shape index (κ3) is 2.73. The van der Waals surface area contributed by atoms with Gasteiger partial charge in [0.15, 0.2) is 0 Å². The summed E-state index contributed by atoms with van der Waals surface area (Å²) in [6, 6.07) is 0. The van der Waals surface area contributed by atoms with Crippen LogP contribution < -0.4 is 5.32 Å². The number of aromatic amines is 1. The maximum Gasteiger partial charge on any atom is 0.260 e. The Morgan fingerprint density at radius 3 is 2.83 bits per heavy atom. The number of nitrogens with zero attached hydrogens (tertiary/aromatic N) is 3. The maximum atomic E-state index is 11.8. The number of carbonyl (C=O) groups excluding carboxylic acids is 1. The average molecular weight is 265 g/mol. The van der Waals surface area contributed by atoms with Gasteiger partial charge in [-0.15, -0.1) is 10.2 Å². The van der Waals surface area contributed by atoms with E-state index >= 15 is 0 Å². The molecule has 1 amide bonds. The lowest BCUT2D eigenvalue weighted by Gasteiger charge is -2.05. The van der Waals surface area contributed by atoms with Gasteiger partial charge in [-0.2, -0.15) is 5.10 Å². The van der Waals surface area contributed by atoms with Crippen LogP contribution in [0.3, 0.4) is 0 Å². The van der Waals surface area contributed by atoms with Crippen LogP contribution in [0.4, 0.5) is 5.13 Å². The number of nitrogens with one attached hydrogen (secondary N) is 2. The number of carbonyl (C=O) groups is 1. The standard InChI is InChI=1S/C11H15N5OS/c1-3-7(4-2)10-15-16-11(18-10)14-9(17)8-5-12-13-6-8/h5-7H,3-4H2,1-2H3,(H,12,13)(H,14,16,17). The van der Waals surface area contributed by atoms with Crippen molar-refractivity contribution in [3.63, 3.8) is 0 Å². The van der Waals surface area contributed by atoms with Gasteiger partial charge in [-0.05, 0) is 12.8 Å². The molecule has 0 saturated heterocycles. The molecule has 96 valence electrons. The quantitative estimate of drug-likeness (QED) is 0.869. The van der Waals surface area contributed by atoms with Gasteiger partial charge >= 0.3 is 0 Å². The van der Waals surface area contributed by atoms with E-state index in [1.165, 1.54) is 23.7 Å². The van der Waals surface area contributed by atoms with Crippen molar-refractivity contribution in [2.45, 2.75) is 32.6 Å². The first kappa shape index (κ1) is 12.7. The van der Waals surface area contributed by atoms with Crippen molar-refractivity contribution in [1.82, 2.24) is 20.4 Å². The third-order valence-corrected chi connectivity index (χ3v) is 3.76. The average Bonchev–Trinajstić information content (AvgIpc) is 3.01. The highest BCUT2D eigenvalue weighted by Gasteiger charge is 2.15. The van der Waals surface area contributed by atoms with Crippen LogP contribution in [0.1, 0.15) is 48.0 Å². The molecule has 2 aromatic heterocycles. The van der Waals surface area contributed by atoms with E-state index in [1.807, 2.05) is 0 Å². The normalized spacial score (nSPS) is 10.8. The predicted octanol–water partition coefficient (Wildman–Crippen LogP) is 2.42. The summed E-state index contributed by atoms with van der Waals surface area (Å²) in [6.07, 6.45) is 5.07. The molecule has 0 atom stereocenters. The van der Waals surface area contributed by atoms with Crippen molar-refractivity contribution >= 4 is 22.4 Å². The summed E-state index contributed by atoms with van der Waals surface area (Å²) in [5, 5.41) is 18.7. The molecule has 2 heterocycles. The van der Waals surface area contributed by atoms with Gasteiger partial charge in [0.2, 0.25) is 5.13 Å². The Balaban J connectivity index is 2.05. The first-order chi connectivity index (χ1) is 8.74. The molecular formula is C11H15N5OS. The van der Waals surface area contributed by atoms with Gasteiger partial charge in [0.1, 0.15) is 5.01 Å². The molecule has 0 fully saturated rings. The highest BCUT2D eigenvalue weighted by Crippen LogP contribution is 2.28. The van der Waals surface area contributed by atoms with Crippen LogP contribution in [-0.4, -0.2) is 26.3 Å². The molecule has 0 spiro atoms. The van der Waals surface area contributed by atoms with E-state index in [2.05, 4.69) is 39.6 Å². The van der Waals surface area contributed by atoms with Crippen LogP contribution in [0.5, 0.6) is 0 Å². The molecule has 0 aliphatic rings. The maximum absolute atomic E-state index is 11.8. The number of amides is 1. The van der Waals surface area contributed by atoms with E-state index in [0.29, 0.717) is 16.6 Å². The van der Waals surface area contributed by atoms with E-state index in [4.69, 9.17) is 0 Å². The van der Waals surface area contributed by atoms with E-state index in [-0.39, 0.29) is 5.91 Å². The van der Waals surface area contributed by atoms with E-state index < -0.39 is 0 Å². The van der Waals surface area contributed by atoms with E-state index in [9.17, 15) is 4.79 Å². The SMILES string of the molecule is CCC(CC)c1nnc(NC(=O)c2cn[nH]c2)s1. The molecule has 2 aromatic rings. The second kappa shape index (κ2) is 5.72. The van der Waals surface area contributed by atoms with Crippen molar-refractivity contribution < 1.29 is 4.79 Å². The Bertz CT molecular complexity index is 503. The minimum absolute atomic E-state index is 0.226. The van der Waals surface area contributed by atoms with Crippen LogP contribution in [0.2, 0.25) is 0 Å². The highest BCUT2D eigenvalue weighted by atomic mass is 32.1. The molecule has 6 nitrogen and oxygen atoms in total. The minimum atomic E-state index is -0.226.